The third kappa shape index (κ3) is 7.17. The average molecular weight is 510 g/mol. The number of ether oxygens (including phenoxy) is 3. The van der Waals surface area contributed by atoms with E-state index in [2.05, 4.69) is 24.1 Å². The summed E-state index contributed by atoms with van der Waals surface area (Å²) < 4.78 is 30.6. The van der Waals surface area contributed by atoms with E-state index in [-0.39, 0.29) is 30.1 Å². The van der Waals surface area contributed by atoms with E-state index in [1.165, 1.54) is 12.1 Å². The highest BCUT2D eigenvalue weighted by molar-refractivity contribution is 5.98. The van der Waals surface area contributed by atoms with Crippen LogP contribution in [-0.4, -0.2) is 61.3 Å². The smallest absolute Gasteiger partial charge is 0.270 e. The van der Waals surface area contributed by atoms with Gasteiger partial charge in [-0.3, -0.25) is 9.69 Å². The minimum absolute atomic E-state index is 0.0668. The Labute approximate surface area is 217 Å². The average Bonchev–Trinajstić information content (AvgIpc) is 2.90. The lowest BCUT2D eigenvalue weighted by Crippen LogP contribution is -2.49. The van der Waals surface area contributed by atoms with Gasteiger partial charge in [0, 0.05) is 50.2 Å². The molecule has 0 unspecified atom stereocenters. The maximum absolute atomic E-state index is 13.3. The predicted octanol–water partition coefficient (Wildman–Crippen LogP) is 4.97. The first kappa shape index (κ1) is 26.8. The number of rotatable bonds is 11. The molecule has 1 fully saturated rings. The van der Waals surface area contributed by atoms with Crippen LogP contribution in [0.25, 0.3) is 10.9 Å². The molecule has 1 atom stereocenters. The van der Waals surface area contributed by atoms with Crippen molar-refractivity contribution in [2.24, 2.45) is 0 Å². The Hall–Kier alpha value is -3.23. The first-order valence-corrected chi connectivity index (χ1v) is 12.9. The molecule has 0 saturated carbocycles. The molecule has 4 rings (SSSR count). The summed E-state index contributed by atoms with van der Waals surface area (Å²) in [5.41, 5.74) is 1.66. The van der Waals surface area contributed by atoms with Crippen molar-refractivity contribution in [1.29, 1.82) is 0 Å². The number of benzene rings is 2. The lowest BCUT2D eigenvalue weighted by atomic mass is 10.0. The number of carbonyl (C=O) groups is 1. The van der Waals surface area contributed by atoms with Gasteiger partial charge >= 0.3 is 0 Å². The van der Waals surface area contributed by atoms with Crippen LogP contribution in [0.4, 0.5) is 4.39 Å². The number of halogens is 1. The van der Waals surface area contributed by atoms with Crippen LogP contribution in [0.2, 0.25) is 0 Å². The third-order valence-electron chi connectivity index (χ3n) is 6.57. The van der Waals surface area contributed by atoms with Crippen LogP contribution >= 0.6 is 0 Å². The number of carbonyl (C=O) groups excluding carboxylic acids is 1. The molecule has 198 valence electrons. The molecule has 37 heavy (non-hydrogen) atoms. The number of para-hydroxylation sites is 1. The predicted molar refractivity (Wildman–Crippen MR) is 142 cm³/mol. The highest BCUT2D eigenvalue weighted by Crippen LogP contribution is 2.32. The molecule has 3 aromatic rings. The second-order valence-electron chi connectivity index (χ2n) is 9.67. The zero-order valence-corrected chi connectivity index (χ0v) is 21.8. The summed E-state index contributed by atoms with van der Waals surface area (Å²) in [7, 11) is 1.65. The lowest BCUT2D eigenvalue weighted by Gasteiger charge is -2.35. The van der Waals surface area contributed by atoms with Crippen LogP contribution in [0.15, 0.2) is 48.5 Å². The Morgan fingerprint density at radius 2 is 1.95 bits per heavy atom. The van der Waals surface area contributed by atoms with Crippen LogP contribution in [0.3, 0.4) is 0 Å². The monoisotopic (exact) mass is 509 g/mol. The SMILES string of the molecule is COCCCOc1cc(C(=O)N[C@@H]2CCCN(C(C)C)C2)nc2c(OCc3ccc(F)cc3)cccc12. The molecule has 1 aromatic heterocycles. The van der Waals surface area contributed by atoms with Gasteiger partial charge in [0.15, 0.2) is 0 Å². The van der Waals surface area contributed by atoms with Crippen molar-refractivity contribution in [1.82, 2.24) is 15.2 Å². The van der Waals surface area contributed by atoms with Gasteiger partial charge in [0.25, 0.3) is 5.91 Å². The number of hydrogen-bond acceptors (Lipinski definition) is 6. The summed E-state index contributed by atoms with van der Waals surface area (Å²) in [6.07, 6.45) is 2.70. The molecule has 8 heteroatoms. The van der Waals surface area contributed by atoms with Gasteiger partial charge in [-0.05, 0) is 63.1 Å². The van der Waals surface area contributed by atoms with Crippen molar-refractivity contribution < 1.29 is 23.4 Å². The van der Waals surface area contributed by atoms with E-state index in [1.807, 2.05) is 18.2 Å². The molecular weight excluding hydrogens is 473 g/mol. The Kier molecular flexibility index (Phi) is 9.30. The van der Waals surface area contributed by atoms with E-state index in [4.69, 9.17) is 19.2 Å². The van der Waals surface area contributed by atoms with Crippen molar-refractivity contribution in [3.05, 3.63) is 65.6 Å². The molecule has 0 radical (unpaired) electrons. The number of fused-ring (bicyclic) bond motifs is 1. The molecule has 1 aliphatic rings. The highest BCUT2D eigenvalue weighted by atomic mass is 19.1. The quantitative estimate of drug-likeness (QED) is 0.368. The van der Waals surface area contributed by atoms with Gasteiger partial charge in [-0.1, -0.05) is 18.2 Å². The van der Waals surface area contributed by atoms with Crippen LogP contribution in [0.5, 0.6) is 11.5 Å². The second kappa shape index (κ2) is 12.8. The largest absolute Gasteiger partial charge is 0.493 e. The Bertz CT molecular complexity index is 1190. The standard InChI is InChI=1S/C29H36FN3O4/c1-20(2)33-14-5-7-23(18-33)31-29(34)25-17-27(36-16-6-15-35-3)24-8-4-9-26(28(24)32-25)37-19-21-10-12-22(30)13-11-21/h4,8-13,17,20,23H,5-7,14-16,18-19H2,1-3H3,(H,31,34)/t23-/m1/s1. The molecule has 1 aliphatic heterocycles. The second-order valence-corrected chi connectivity index (χ2v) is 9.67. The first-order chi connectivity index (χ1) is 17.9. The number of pyridine rings is 1. The minimum atomic E-state index is -0.295. The molecule has 0 bridgehead atoms. The molecule has 1 N–H and O–H groups in total. The van der Waals surface area contributed by atoms with Gasteiger partial charge in [0.1, 0.15) is 35.1 Å². The number of methoxy groups -OCH3 is 1. The Balaban J connectivity index is 1.59. The number of amides is 1. The topological polar surface area (TPSA) is 72.9 Å². The van der Waals surface area contributed by atoms with Crippen LogP contribution in [0, 0.1) is 5.82 Å². The lowest BCUT2D eigenvalue weighted by molar-refractivity contribution is 0.0881. The van der Waals surface area contributed by atoms with Gasteiger partial charge in [-0.2, -0.15) is 0 Å². The maximum Gasteiger partial charge on any atom is 0.270 e. The van der Waals surface area contributed by atoms with E-state index in [1.54, 1.807) is 25.3 Å². The van der Waals surface area contributed by atoms with Gasteiger partial charge in [-0.15, -0.1) is 0 Å². The summed E-state index contributed by atoms with van der Waals surface area (Å²) in [5.74, 6) is 0.580. The zero-order chi connectivity index (χ0) is 26.2. The molecular formula is C29H36FN3O4. The van der Waals surface area contributed by atoms with Gasteiger partial charge in [0.2, 0.25) is 0 Å². The highest BCUT2D eigenvalue weighted by Gasteiger charge is 2.24. The number of nitrogens with one attached hydrogen (secondary N) is 1. The van der Waals surface area contributed by atoms with Crippen molar-refractivity contribution in [2.75, 3.05) is 33.4 Å². The number of aromatic nitrogens is 1. The first-order valence-electron chi connectivity index (χ1n) is 12.9. The number of piperidine rings is 1. The van der Waals surface area contributed by atoms with Crippen molar-refractivity contribution in [2.45, 2.75) is 51.8 Å². The third-order valence-corrected chi connectivity index (χ3v) is 6.57. The minimum Gasteiger partial charge on any atom is -0.493 e. The fourth-order valence-corrected chi connectivity index (χ4v) is 4.52. The van der Waals surface area contributed by atoms with E-state index in [9.17, 15) is 9.18 Å². The molecule has 2 aromatic carbocycles. The van der Waals surface area contributed by atoms with Crippen molar-refractivity contribution >= 4 is 16.8 Å². The summed E-state index contributed by atoms with van der Waals surface area (Å²) in [6.45, 7) is 7.49. The molecule has 1 saturated heterocycles. The number of nitrogens with zero attached hydrogens (tertiary/aromatic N) is 2. The van der Waals surface area contributed by atoms with Crippen LogP contribution < -0.4 is 14.8 Å². The number of likely N-dealkylation sites (tertiary alicyclic amines) is 1. The summed E-state index contributed by atoms with van der Waals surface area (Å²) in [6, 6.07) is 14.0. The Morgan fingerprint density at radius 3 is 2.70 bits per heavy atom. The fourth-order valence-electron chi connectivity index (χ4n) is 4.52. The molecule has 7 nitrogen and oxygen atoms in total. The molecule has 0 spiro atoms. The van der Waals surface area contributed by atoms with Crippen LogP contribution in [0.1, 0.15) is 49.2 Å². The van der Waals surface area contributed by atoms with Crippen molar-refractivity contribution in [3.8, 4) is 11.5 Å². The van der Waals surface area contributed by atoms with E-state index >= 15 is 0 Å². The zero-order valence-electron chi connectivity index (χ0n) is 21.8. The Morgan fingerprint density at radius 1 is 1.14 bits per heavy atom. The number of hydrogen-bond donors (Lipinski definition) is 1. The summed E-state index contributed by atoms with van der Waals surface area (Å²) >= 11 is 0. The summed E-state index contributed by atoms with van der Waals surface area (Å²) in [5, 5.41) is 3.93. The van der Waals surface area contributed by atoms with Crippen LogP contribution in [-0.2, 0) is 11.3 Å². The van der Waals surface area contributed by atoms with Gasteiger partial charge < -0.3 is 19.5 Å². The molecule has 2 heterocycles. The summed E-state index contributed by atoms with van der Waals surface area (Å²) in [4.78, 5) is 20.4. The normalized spacial score (nSPS) is 16.2. The maximum atomic E-state index is 13.3. The van der Waals surface area contributed by atoms with E-state index < -0.39 is 0 Å². The van der Waals surface area contributed by atoms with E-state index in [0.717, 1.165) is 43.3 Å². The van der Waals surface area contributed by atoms with E-state index in [0.29, 0.717) is 36.3 Å². The molecule has 0 aliphatic carbocycles. The van der Waals surface area contributed by atoms with Gasteiger partial charge in [-0.25, -0.2) is 9.37 Å². The van der Waals surface area contributed by atoms with Crippen molar-refractivity contribution in [3.63, 3.8) is 0 Å². The molecule has 1 amide bonds. The van der Waals surface area contributed by atoms with Gasteiger partial charge in [0.05, 0.1) is 6.61 Å². The fraction of sp³-hybridized carbons (Fsp3) is 0.448.